The van der Waals surface area contributed by atoms with Gasteiger partial charge < -0.3 is 0 Å². The highest BCUT2D eigenvalue weighted by Crippen LogP contribution is 2.36. The number of hydrogen-bond acceptors (Lipinski definition) is 3. The van der Waals surface area contributed by atoms with Gasteiger partial charge in [0.15, 0.2) is 6.29 Å². The van der Waals surface area contributed by atoms with Gasteiger partial charge in [-0.3, -0.25) is 4.79 Å². The lowest BCUT2D eigenvalue weighted by Gasteiger charge is -1.93. The molecule has 2 aromatic rings. The van der Waals surface area contributed by atoms with E-state index >= 15 is 0 Å². The Balaban J connectivity index is 2.83. The van der Waals surface area contributed by atoms with Crippen LogP contribution in [0.1, 0.15) is 15.2 Å². The number of halogens is 1. The molecule has 0 aliphatic carbocycles. The number of rotatable bonds is 2. The zero-order chi connectivity index (χ0) is 10.1. The van der Waals surface area contributed by atoms with Crippen LogP contribution in [-0.2, 0) is 5.88 Å². The third-order valence-corrected chi connectivity index (χ3v) is 4.38. The average molecular weight is 243 g/mol. The molecule has 0 radical (unpaired) electrons. The van der Waals surface area contributed by atoms with Crippen LogP contribution in [0.15, 0.2) is 23.1 Å². The molecule has 0 saturated carbocycles. The minimum Gasteiger partial charge on any atom is -0.298 e. The maximum Gasteiger partial charge on any atom is 0.151 e. The molecule has 0 aliphatic heterocycles. The first-order valence-electron chi connectivity index (χ1n) is 4.02. The molecular formula is C10H7ClOS2. The van der Waals surface area contributed by atoms with E-state index in [1.807, 2.05) is 12.1 Å². The van der Waals surface area contributed by atoms with Crippen molar-refractivity contribution in [3.05, 3.63) is 28.6 Å². The maximum absolute atomic E-state index is 10.8. The molecule has 0 amide bonds. The van der Waals surface area contributed by atoms with Crippen molar-refractivity contribution < 1.29 is 4.79 Å². The third-order valence-electron chi connectivity index (χ3n) is 2.04. The molecule has 4 heteroatoms. The Hall–Kier alpha value is -0.510. The Labute approximate surface area is 96.1 Å². The standard InChI is InChI=1S/C10H7ClOS2/c11-4-8-9(13)7-3-1-2-6(5-12)10(7)14-8/h1-3,5,13H,4H2. The Morgan fingerprint density at radius 1 is 1.50 bits per heavy atom. The van der Waals surface area contributed by atoms with Gasteiger partial charge in [0.25, 0.3) is 0 Å². The van der Waals surface area contributed by atoms with Crippen molar-refractivity contribution >= 4 is 51.9 Å². The summed E-state index contributed by atoms with van der Waals surface area (Å²) >= 11 is 11.7. The van der Waals surface area contributed by atoms with Crippen molar-refractivity contribution in [2.24, 2.45) is 0 Å². The number of fused-ring (bicyclic) bond motifs is 1. The van der Waals surface area contributed by atoms with Gasteiger partial charge in [-0.2, -0.15) is 0 Å². The normalized spacial score (nSPS) is 10.7. The van der Waals surface area contributed by atoms with Gasteiger partial charge in [-0.05, 0) is 0 Å². The SMILES string of the molecule is O=Cc1cccc2c(S)c(CCl)sc12. The zero-order valence-corrected chi connectivity index (χ0v) is 9.63. The van der Waals surface area contributed by atoms with Gasteiger partial charge in [-0.1, -0.05) is 18.2 Å². The predicted molar refractivity (Wildman–Crippen MR) is 64.0 cm³/mol. The summed E-state index contributed by atoms with van der Waals surface area (Å²) in [6, 6.07) is 5.62. The van der Waals surface area contributed by atoms with Gasteiger partial charge in [0.1, 0.15) is 0 Å². The van der Waals surface area contributed by atoms with Crippen molar-refractivity contribution in [3.63, 3.8) is 0 Å². The van der Waals surface area contributed by atoms with E-state index in [0.717, 1.165) is 26.1 Å². The van der Waals surface area contributed by atoms with Crippen LogP contribution >= 0.6 is 35.6 Å². The second-order valence-electron chi connectivity index (χ2n) is 2.85. The largest absolute Gasteiger partial charge is 0.298 e. The van der Waals surface area contributed by atoms with E-state index in [4.69, 9.17) is 11.6 Å². The zero-order valence-electron chi connectivity index (χ0n) is 7.16. The molecule has 1 aromatic carbocycles. The number of alkyl halides is 1. The summed E-state index contributed by atoms with van der Waals surface area (Å²) in [4.78, 5) is 12.7. The monoisotopic (exact) mass is 242 g/mol. The van der Waals surface area contributed by atoms with E-state index < -0.39 is 0 Å². The van der Waals surface area contributed by atoms with E-state index in [1.165, 1.54) is 11.3 Å². The highest BCUT2D eigenvalue weighted by Gasteiger charge is 2.10. The van der Waals surface area contributed by atoms with E-state index in [9.17, 15) is 4.79 Å². The van der Waals surface area contributed by atoms with Crippen molar-refractivity contribution in [2.75, 3.05) is 0 Å². The Morgan fingerprint density at radius 3 is 2.93 bits per heavy atom. The molecule has 0 bridgehead atoms. The van der Waals surface area contributed by atoms with Crippen LogP contribution < -0.4 is 0 Å². The first kappa shape index (κ1) is 10.0. The molecule has 14 heavy (non-hydrogen) atoms. The number of aldehydes is 1. The van der Waals surface area contributed by atoms with E-state index in [2.05, 4.69) is 12.6 Å². The minimum absolute atomic E-state index is 0.441. The molecule has 1 nitrogen and oxygen atoms in total. The first-order valence-corrected chi connectivity index (χ1v) is 5.82. The fourth-order valence-electron chi connectivity index (χ4n) is 1.36. The molecule has 1 heterocycles. The van der Waals surface area contributed by atoms with Crippen molar-refractivity contribution in [2.45, 2.75) is 10.8 Å². The lowest BCUT2D eigenvalue weighted by atomic mass is 10.2. The summed E-state index contributed by atoms with van der Waals surface area (Å²) in [5.74, 6) is 0.441. The van der Waals surface area contributed by atoms with Crippen molar-refractivity contribution in [3.8, 4) is 0 Å². The van der Waals surface area contributed by atoms with Crippen LogP contribution in [0.3, 0.4) is 0 Å². The summed E-state index contributed by atoms with van der Waals surface area (Å²) < 4.78 is 0.975. The Bertz CT molecular complexity index is 490. The van der Waals surface area contributed by atoms with Gasteiger partial charge >= 0.3 is 0 Å². The molecule has 1 aromatic heterocycles. The summed E-state index contributed by atoms with van der Waals surface area (Å²) in [5, 5.41) is 1.01. The van der Waals surface area contributed by atoms with Gasteiger partial charge in [0.2, 0.25) is 0 Å². The smallest absolute Gasteiger partial charge is 0.151 e. The highest BCUT2D eigenvalue weighted by molar-refractivity contribution is 7.80. The Morgan fingerprint density at radius 2 is 2.29 bits per heavy atom. The quantitative estimate of drug-likeness (QED) is 0.482. The van der Waals surface area contributed by atoms with Gasteiger partial charge in [0, 0.05) is 25.4 Å². The Kier molecular flexibility index (Phi) is 2.81. The third kappa shape index (κ3) is 1.45. The molecule has 72 valence electrons. The molecule has 0 N–H and O–H groups in total. The number of thiol groups is 1. The number of benzene rings is 1. The maximum atomic E-state index is 10.8. The van der Waals surface area contributed by atoms with Gasteiger partial charge in [0.05, 0.1) is 5.88 Å². The summed E-state index contributed by atoms with van der Waals surface area (Å²) in [6.45, 7) is 0. The van der Waals surface area contributed by atoms with Crippen molar-refractivity contribution in [1.29, 1.82) is 0 Å². The van der Waals surface area contributed by atoms with E-state index in [1.54, 1.807) is 6.07 Å². The first-order chi connectivity index (χ1) is 6.77. The fraction of sp³-hybridized carbons (Fsp3) is 0.100. The van der Waals surface area contributed by atoms with Crippen LogP contribution in [0.5, 0.6) is 0 Å². The number of carbonyl (C=O) groups excluding carboxylic acids is 1. The minimum atomic E-state index is 0.441. The molecule has 0 fully saturated rings. The molecule has 0 atom stereocenters. The second-order valence-corrected chi connectivity index (χ2v) is 4.67. The molecule has 0 unspecified atom stereocenters. The van der Waals surface area contributed by atoms with Crippen LogP contribution in [0.4, 0.5) is 0 Å². The van der Waals surface area contributed by atoms with Crippen LogP contribution in [0.25, 0.3) is 10.1 Å². The molecular weight excluding hydrogens is 236 g/mol. The highest BCUT2D eigenvalue weighted by atomic mass is 35.5. The number of carbonyl (C=O) groups is 1. The van der Waals surface area contributed by atoms with Crippen molar-refractivity contribution in [1.82, 2.24) is 0 Å². The molecule has 0 saturated heterocycles. The number of thiophene rings is 1. The summed E-state index contributed by atoms with van der Waals surface area (Å²) in [7, 11) is 0. The van der Waals surface area contributed by atoms with E-state index in [-0.39, 0.29) is 0 Å². The fourth-order valence-corrected chi connectivity index (χ4v) is 3.25. The molecule has 0 aliphatic rings. The van der Waals surface area contributed by atoms with Crippen LogP contribution in [-0.4, -0.2) is 6.29 Å². The summed E-state index contributed by atoms with van der Waals surface area (Å²) in [5.41, 5.74) is 0.708. The lowest BCUT2D eigenvalue weighted by molar-refractivity contribution is 0.112. The predicted octanol–water partition coefficient (Wildman–Crippen LogP) is 3.74. The molecule has 0 spiro atoms. The molecule has 2 rings (SSSR count). The van der Waals surface area contributed by atoms with Gasteiger partial charge in [-0.15, -0.1) is 35.6 Å². The van der Waals surface area contributed by atoms with Gasteiger partial charge in [-0.25, -0.2) is 0 Å². The van der Waals surface area contributed by atoms with Crippen LogP contribution in [0, 0.1) is 0 Å². The van der Waals surface area contributed by atoms with Crippen LogP contribution in [0.2, 0.25) is 0 Å². The topological polar surface area (TPSA) is 17.1 Å². The lowest BCUT2D eigenvalue weighted by Crippen LogP contribution is -1.77. The second kappa shape index (κ2) is 3.93. The van der Waals surface area contributed by atoms with E-state index in [0.29, 0.717) is 11.4 Å². The average Bonchev–Trinajstić information content (AvgIpc) is 2.55. The number of hydrogen-bond donors (Lipinski definition) is 1. The summed E-state index contributed by atoms with van der Waals surface area (Å²) in [6.07, 6.45) is 0.865.